The second-order valence-electron chi connectivity index (χ2n) is 4.68. The number of hydrogen-bond acceptors (Lipinski definition) is 3. The number of carbonyl (C=O) groups excluding carboxylic acids is 2. The summed E-state index contributed by atoms with van der Waals surface area (Å²) in [7, 11) is 0. The van der Waals surface area contributed by atoms with Gasteiger partial charge in [-0.05, 0) is 29.7 Å². The third kappa shape index (κ3) is 5.54. The normalized spacial score (nSPS) is 11.5. The molecule has 126 valence electrons. The maximum atomic E-state index is 12.2. The zero-order chi connectivity index (χ0) is 17.6. The molecule has 0 atom stereocenters. The highest BCUT2D eigenvalue weighted by Crippen LogP contribution is 2.17. The average Bonchev–Trinajstić information content (AvgIpc) is 3.04. The molecule has 0 radical (unpaired) electrons. The van der Waals surface area contributed by atoms with E-state index in [4.69, 9.17) is 0 Å². The molecule has 1 heterocycles. The Hall–Kier alpha value is -2.61. The summed E-state index contributed by atoms with van der Waals surface area (Å²) < 4.78 is 36.6. The summed E-state index contributed by atoms with van der Waals surface area (Å²) in [6.45, 7) is -1.44. The van der Waals surface area contributed by atoms with Gasteiger partial charge in [-0.15, -0.1) is 11.3 Å². The minimum absolute atomic E-state index is 0.0420. The van der Waals surface area contributed by atoms with Crippen molar-refractivity contribution in [3.8, 4) is 0 Å². The van der Waals surface area contributed by atoms with Crippen molar-refractivity contribution in [3.05, 3.63) is 58.3 Å². The molecule has 24 heavy (non-hydrogen) atoms. The van der Waals surface area contributed by atoms with E-state index in [9.17, 15) is 22.8 Å². The van der Waals surface area contributed by atoms with Crippen LogP contribution in [0.3, 0.4) is 0 Å². The molecular formula is C16H13F3N2O2S. The zero-order valence-electron chi connectivity index (χ0n) is 12.3. The van der Waals surface area contributed by atoms with Crippen molar-refractivity contribution in [1.29, 1.82) is 0 Å². The van der Waals surface area contributed by atoms with Crippen molar-refractivity contribution in [1.82, 2.24) is 5.32 Å². The van der Waals surface area contributed by atoms with Gasteiger partial charge in [-0.3, -0.25) is 9.59 Å². The Balaban J connectivity index is 2.05. The number of alkyl halides is 3. The van der Waals surface area contributed by atoms with Crippen LogP contribution in [-0.2, 0) is 4.79 Å². The molecule has 1 aromatic carbocycles. The van der Waals surface area contributed by atoms with Gasteiger partial charge in [0.2, 0.25) is 5.91 Å². The van der Waals surface area contributed by atoms with Crippen molar-refractivity contribution in [2.24, 2.45) is 0 Å². The second kappa shape index (κ2) is 7.78. The van der Waals surface area contributed by atoms with Crippen LogP contribution in [0.25, 0.3) is 6.08 Å². The summed E-state index contributed by atoms with van der Waals surface area (Å²) in [4.78, 5) is 24.6. The molecule has 2 amide bonds. The van der Waals surface area contributed by atoms with Crippen LogP contribution in [0.2, 0.25) is 0 Å². The standard InChI is InChI=1S/C16H13F3N2O2S/c17-16(18,19)10-20-15(23)12-5-1-2-6-13(12)21-14(22)8-7-11-4-3-9-24-11/h1-9H,10H2,(H,20,23)(H,21,22)/b8-7+. The lowest BCUT2D eigenvalue weighted by atomic mass is 10.1. The Bertz CT molecular complexity index is 740. The summed E-state index contributed by atoms with van der Waals surface area (Å²) >= 11 is 1.45. The summed E-state index contributed by atoms with van der Waals surface area (Å²) in [5.41, 5.74) is 0.0950. The highest BCUT2D eigenvalue weighted by atomic mass is 32.1. The number of nitrogens with one attached hydrogen (secondary N) is 2. The molecule has 0 saturated heterocycles. The van der Waals surface area contributed by atoms with E-state index in [0.717, 1.165) is 4.88 Å². The summed E-state index contributed by atoms with van der Waals surface area (Å²) in [6, 6.07) is 9.51. The first-order chi connectivity index (χ1) is 11.3. The number of carbonyl (C=O) groups is 2. The smallest absolute Gasteiger partial charge is 0.343 e. The molecule has 0 bridgehead atoms. The van der Waals surface area contributed by atoms with Crippen molar-refractivity contribution in [2.45, 2.75) is 6.18 Å². The molecule has 2 aromatic rings. The number of thiophene rings is 1. The van der Waals surface area contributed by atoms with Crippen LogP contribution in [0.4, 0.5) is 18.9 Å². The van der Waals surface area contributed by atoms with E-state index >= 15 is 0 Å². The average molecular weight is 354 g/mol. The second-order valence-corrected chi connectivity index (χ2v) is 5.66. The van der Waals surface area contributed by atoms with Crippen LogP contribution in [0.5, 0.6) is 0 Å². The zero-order valence-corrected chi connectivity index (χ0v) is 13.1. The third-order valence-electron chi connectivity index (χ3n) is 2.82. The fourth-order valence-corrected chi connectivity index (χ4v) is 2.40. The van der Waals surface area contributed by atoms with Crippen LogP contribution in [0.1, 0.15) is 15.2 Å². The van der Waals surface area contributed by atoms with Gasteiger partial charge in [0, 0.05) is 11.0 Å². The van der Waals surface area contributed by atoms with Gasteiger partial charge in [-0.25, -0.2) is 0 Å². The molecule has 2 rings (SSSR count). The van der Waals surface area contributed by atoms with E-state index in [1.165, 1.54) is 35.6 Å². The molecule has 0 aliphatic heterocycles. The molecule has 0 spiro atoms. The van der Waals surface area contributed by atoms with Gasteiger partial charge in [0.25, 0.3) is 5.91 Å². The topological polar surface area (TPSA) is 58.2 Å². The summed E-state index contributed by atoms with van der Waals surface area (Å²) in [5.74, 6) is -1.40. The molecule has 0 aliphatic carbocycles. The predicted octanol–water partition coefficient (Wildman–Crippen LogP) is 3.69. The molecule has 0 unspecified atom stereocenters. The van der Waals surface area contributed by atoms with Gasteiger partial charge in [-0.1, -0.05) is 18.2 Å². The highest BCUT2D eigenvalue weighted by molar-refractivity contribution is 7.10. The molecule has 8 heteroatoms. The van der Waals surface area contributed by atoms with E-state index in [0.29, 0.717) is 0 Å². The van der Waals surface area contributed by atoms with Gasteiger partial charge in [-0.2, -0.15) is 13.2 Å². The van der Waals surface area contributed by atoms with Crippen LogP contribution in [0, 0.1) is 0 Å². The number of rotatable bonds is 5. The van der Waals surface area contributed by atoms with Gasteiger partial charge in [0.05, 0.1) is 11.3 Å². The number of halogens is 3. The molecule has 0 fully saturated rings. The minimum Gasteiger partial charge on any atom is -0.343 e. The van der Waals surface area contributed by atoms with Crippen LogP contribution in [0.15, 0.2) is 47.9 Å². The van der Waals surface area contributed by atoms with Crippen molar-refractivity contribution < 1.29 is 22.8 Å². The fourth-order valence-electron chi connectivity index (χ4n) is 1.78. The minimum atomic E-state index is -4.50. The number of anilines is 1. The van der Waals surface area contributed by atoms with E-state index in [-0.39, 0.29) is 11.3 Å². The highest BCUT2D eigenvalue weighted by Gasteiger charge is 2.28. The van der Waals surface area contributed by atoms with Gasteiger partial charge in [0.15, 0.2) is 0 Å². The maximum Gasteiger partial charge on any atom is 0.405 e. The van der Waals surface area contributed by atoms with Gasteiger partial charge < -0.3 is 10.6 Å². The van der Waals surface area contributed by atoms with Crippen LogP contribution >= 0.6 is 11.3 Å². The van der Waals surface area contributed by atoms with E-state index in [1.54, 1.807) is 17.5 Å². The Labute approximate surface area is 140 Å². The van der Waals surface area contributed by atoms with Gasteiger partial charge >= 0.3 is 6.18 Å². The van der Waals surface area contributed by atoms with Crippen molar-refractivity contribution >= 4 is 34.9 Å². The Morgan fingerprint density at radius 3 is 2.54 bits per heavy atom. The molecular weight excluding hydrogens is 341 g/mol. The Kier molecular flexibility index (Phi) is 5.75. The quantitative estimate of drug-likeness (QED) is 0.805. The van der Waals surface area contributed by atoms with Crippen molar-refractivity contribution in [2.75, 3.05) is 11.9 Å². The predicted molar refractivity (Wildman–Crippen MR) is 86.8 cm³/mol. The summed E-state index contributed by atoms with van der Waals surface area (Å²) in [6.07, 6.45) is -1.61. The lowest BCUT2D eigenvalue weighted by molar-refractivity contribution is -0.123. The maximum absolute atomic E-state index is 12.2. The monoisotopic (exact) mass is 354 g/mol. The molecule has 4 nitrogen and oxygen atoms in total. The van der Waals surface area contributed by atoms with E-state index in [1.807, 2.05) is 17.5 Å². The lowest BCUT2D eigenvalue weighted by Crippen LogP contribution is -2.34. The molecule has 0 saturated carbocycles. The first-order valence-electron chi connectivity index (χ1n) is 6.82. The number of amides is 2. The molecule has 2 N–H and O–H groups in total. The number of hydrogen-bond donors (Lipinski definition) is 2. The molecule has 0 aliphatic rings. The fraction of sp³-hybridized carbons (Fsp3) is 0.125. The van der Waals surface area contributed by atoms with E-state index in [2.05, 4.69) is 5.32 Å². The Morgan fingerprint density at radius 2 is 1.88 bits per heavy atom. The summed E-state index contributed by atoms with van der Waals surface area (Å²) in [5, 5.41) is 6.12. The first-order valence-corrected chi connectivity index (χ1v) is 7.70. The Morgan fingerprint density at radius 1 is 1.12 bits per heavy atom. The largest absolute Gasteiger partial charge is 0.405 e. The number of para-hydroxylation sites is 1. The van der Waals surface area contributed by atoms with Crippen molar-refractivity contribution in [3.63, 3.8) is 0 Å². The number of benzene rings is 1. The van der Waals surface area contributed by atoms with Gasteiger partial charge in [0.1, 0.15) is 6.54 Å². The lowest BCUT2D eigenvalue weighted by Gasteiger charge is -2.11. The third-order valence-corrected chi connectivity index (χ3v) is 3.66. The van der Waals surface area contributed by atoms with Crippen LogP contribution in [-0.4, -0.2) is 24.5 Å². The van der Waals surface area contributed by atoms with Crippen LogP contribution < -0.4 is 10.6 Å². The molecule has 1 aromatic heterocycles. The SMILES string of the molecule is O=C(/C=C/c1cccs1)Nc1ccccc1C(=O)NCC(F)(F)F. The van der Waals surface area contributed by atoms with E-state index < -0.39 is 24.5 Å². The first kappa shape index (κ1) is 17.7.